The Labute approximate surface area is 178 Å². The quantitative estimate of drug-likeness (QED) is 0.423. The zero-order chi connectivity index (χ0) is 19.7. The van der Waals surface area contributed by atoms with Gasteiger partial charge in [0.2, 0.25) is 5.91 Å². The summed E-state index contributed by atoms with van der Waals surface area (Å²) >= 11 is 15.0. The molecule has 0 bridgehead atoms. The van der Waals surface area contributed by atoms with Gasteiger partial charge in [-0.25, -0.2) is 4.98 Å². The van der Waals surface area contributed by atoms with Crippen molar-refractivity contribution in [2.75, 3.05) is 11.1 Å². The first-order valence-corrected chi connectivity index (χ1v) is 10.8. The van der Waals surface area contributed by atoms with Crippen LogP contribution >= 0.6 is 46.3 Å². The molecule has 1 aromatic carbocycles. The molecule has 0 atom stereocenters. The van der Waals surface area contributed by atoms with E-state index in [-0.39, 0.29) is 11.7 Å². The number of hydrogen-bond acceptors (Lipinski definition) is 6. The van der Waals surface area contributed by atoms with E-state index in [0.717, 1.165) is 16.3 Å². The first-order valence-electron chi connectivity index (χ1n) is 8.14. The molecule has 0 spiro atoms. The Bertz CT molecular complexity index is 1170. The summed E-state index contributed by atoms with van der Waals surface area (Å²) in [5, 5.41) is 15.4. The van der Waals surface area contributed by atoms with E-state index in [4.69, 9.17) is 23.2 Å². The molecule has 0 unspecified atom stereocenters. The second-order valence-corrected chi connectivity index (χ2v) is 8.70. The van der Waals surface area contributed by atoms with Crippen molar-refractivity contribution in [1.29, 1.82) is 0 Å². The number of hydrogen-bond donors (Lipinski definition) is 1. The molecule has 3 heterocycles. The van der Waals surface area contributed by atoms with Gasteiger partial charge in [-0.1, -0.05) is 47.1 Å². The van der Waals surface area contributed by atoms with Crippen LogP contribution in [0.4, 0.5) is 5.69 Å². The zero-order valence-corrected chi connectivity index (χ0v) is 17.7. The Hall–Kier alpha value is -2.13. The molecule has 0 saturated heterocycles. The van der Waals surface area contributed by atoms with Crippen LogP contribution in [0, 0.1) is 6.92 Å². The van der Waals surface area contributed by atoms with Crippen LogP contribution in [-0.2, 0) is 4.79 Å². The number of thioether (sulfide) groups is 1. The third-order valence-electron chi connectivity index (χ3n) is 3.79. The largest absolute Gasteiger partial charge is 0.325 e. The molecular formula is C18H13Cl2N5OS2. The highest BCUT2D eigenvalue weighted by Gasteiger charge is 2.13. The molecule has 3 aromatic heterocycles. The highest BCUT2D eigenvalue weighted by molar-refractivity contribution is 7.99. The molecule has 1 amide bonds. The van der Waals surface area contributed by atoms with Crippen LogP contribution in [-0.4, -0.2) is 31.2 Å². The molecule has 10 heteroatoms. The van der Waals surface area contributed by atoms with Gasteiger partial charge < -0.3 is 5.32 Å². The van der Waals surface area contributed by atoms with Crippen molar-refractivity contribution >= 4 is 63.5 Å². The lowest BCUT2D eigenvalue weighted by Crippen LogP contribution is -2.14. The van der Waals surface area contributed by atoms with E-state index in [9.17, 15) is 4.79 Å². The van der Waals surface area contributed by atoms with Crippen molar-refractivity contribution in [2.24, 2.45) is 0 Å². The summed E-state index contributed by atoms with van der Waals surface area (Å²) < 4.78 is 1.67. The number of rotatable bonds is 5. The van der Waals surface area contributed by atoms with E-state index in [1.165, 1.54) is 11.8 Å². The minimum absolute atomic E-state index is 0.151. The highest BCUT2D eigenvalue weighted by atomic mass is 35.5. The Morgan fingerprint density at radius 1 is 1.29 bits per heavy atom. The van der Waals surface area contributed by atoms with Crippen molar-refractivity contribution < 1.29 is 4.79 Å². The summed E-state index contributed by atoms with van der Waals surface area (Å²) in [6, 6.07) is 9.21. The number of halogens is 2. The van der Waals surface area contributed by atoms with Gasteiger partial charge in [0.15, 0.2) is 10.8 Å². The Morgan fingerprint density at radius 3 is 2.93 bits per heavy atom. The molecule has 0 aliphatic rings. The SMILES string of the molecule is Cc1nc(-c2cccc(NC(=O)CSc3nnc4c(Cl)cc(Cl)cn34)c2)cs1. The molecule has 1 N–H and O–H groups in total. The van der Waals surface area contributed by atoms with E-state index in [1.807, 2.05) is 36.6 Å². The Balaban J connectivity index is 1.44. The number of nitrogens with zero attached hydrogens (tertiary/aromatic N) is 4. The smallest absolute Gasteiger partial charge is 0.234 e. The lowest BCUT2D eigenvalue weighted by Gasteiger charge is -2.06. The minimum atomic E-state index is -0.151. The number of thiazole rings is 1. The number of nitrogens with one attached hydrogen (secondary N) is 1. The van der Waals surface area contributed by atoms with Crippen LogP contribution in [0.3, 0.4) is 0 Å². The third kappa shape index (κ3) is 4.15. The van der Waals surface area contributed by atoms with Crippen LogP contribution in [0.15, 0.2) is 47.1 Å². The van der Waals surface area contributed by atoms with Gasteiger partial charge in [-0.2, -0.15) is 0 Å². The van der Waals surface area contributed by atoms with E-state index in [0.29, 0.717) is 26.5 Å². The van der Waals surface area contributed by atoms with Crippen LogP contribution in [0.2, 0.25) is 10.0 Å². The van der Waals surface area contributed by atoms with Gasteiger partial charge in [0, 0.05) is 22.8 Å². The van der Waals surface area contributed by atoms with Crippen LogP contribution in [0.5, 0.6) is 0 Å². The fourth-order valence-electron chi connectivity index (χ4n) is 2.58. The van der Waals surface area contributed by atoms with Crippen LogP contribution in [0.25, 0.3) is 16.9 Å². The van der Waals surface area contributed by atoms with Gasteiger partial charge >= 0.3 is 0 Å². The highest BCUT2D eigenvalue weighted by Crippen LogP contribution is 2.26. The monoisotopic (exact) mass is 449 g/mol. The molecule has 0 aliphatic carbocycles. The molecule has 4 aromatic rings. The van der Waals surface area contributed by atoms with E-state index >= 15 is 0 Å². The van der Waals surface area contributed by atoms with E-state index in [2.05, 4.69) is 20.5 Å². The molecule has 6 nitrogen and oxygen atoms in total. The average Bonchev–Trinajstić information content (AvgIpc) is 3.27. The number of aryl methyl sites for hydroxylation is 1. The standard InChI is InChI=1S/C18H13Cl2N5OS2/c1-10-21-15(8-27-10)11-3-2-4-13(5-11)22-16(26)9-28-18-24-23-17-14(20)6-12(19)7-25(17)18/h2-8H,9H2,1H3,(H,22,26). The minimum Gasteiger partial charge on any atom is -0.325 e. The fraction of sp³-hybridized carbons (Fsp3) is 0.111. The second-order valence-electron chi connectivity index (χ2n) is 5.85. The molecule has 28 heavy (non-hydrogen) atoms. The van der Waals surface area contributed by atoms with Gasteiger partial charge in [0.1, 0.15) is 0 Å². The topological polar surface area (TPSA) is 72.2 Å². The van der Waals surface area contributed by atoms with Crippen molar-refractivity contribution in [3.05, 3.63) is 57.0 Å². The summed E-state index contributed by atoms with van der Waals surface area (Å²) in [6.07, 6.45) is 1.67. The summed E-state index contributed by atoms with van der Waals surface area (Å²) in [5.74, 6) is 0.0202. The Morgan fingerprint density at radius 2 is 2.14 bits per heavy atom. The third-order valence-corrected chi connectivity index (χ3v) is 5.99. The fourth-order valence-corrected chi connectivity index (χ4v) is 4.42. The van der Waals surface area contributed by atoms with Crippen molar-refractivity contribution in [3.63, 3.8) is 0 Å². The van der Waals surface area contributed by atoms with E-state index < -0.39 is 0 Å². The number of anilines is 1. The lowest BCUT2D eigenvalue weighted by molar-refractivity contribution is -0.113. The van der Waals surface area contributed by atoms with Gasteiger partial charge in [-0.3, -0.25) is 9.20 Å². The first kappa shape index (κ1) is 19.2. The summed E-state index contributed by atoms with van der Waals surface area (Å²) in [7, 11) is 0. The maximum atomic E-state index is 12.4. The lowest BCUT2D eigenvalue weighted by atomic mass is 10.1. The van der Waals surface area contributed by atoms with Gasteiger partial charge in [-0.05, 0) is 25.1 Å². The molecular weight excluding hydrogens is 437 g/mol. The normalized spacial score (nSPS) is 11.1. The molecule has 0 aliphatic heterocycles. The predicted molar refractivity (Wildman–Crippen MR) is 115 cm³/mol. The van der Waals surface area contributed by atoms with Crippen molar-refractivity contribution in [1.82, 2.24) is 19.6 Å². The first-order chi connectivity index (χ1) is 13.5. The summed E-state index contributed by atoms with van der Waals surface area (Å²) in [6.45, 7) is 1.96. The average molecular weight is 450 g/mol. The number of carbonyl (C=O) groups is 1. The van der Waals surface area contributed by atoms with Crippen molar-refractivity contribution in [3.8, 4) is 11.3 Å². The number of benzene rings is 1. The molecule has 4 rings (SSSR count). The molecule has 142 valence electrons. The summed E-state index contributed by atoms with van der Waals surface area (Å²) in [4.78, 5) is 16.9. The zero-order valence-electron chi connectivity index (χ0n) is 14.5. The molecule has 0 fully saturated rings. The maximum Gasteiger partial charge on any atom is 0.234 e. The van der Waals surface area contributed by atoms with Crippen LogP contribution in [0.1, 0.15) is 5.01 Å². The van der Waals surface area contributed by atoms with E-state index in [1.54, 1.807) is 28.0 Å². The predicted octanol–water partition coefficient (Wildman–Crippen LogP) is 5.20. The second kappa shape index (κ2) is 8.08. The Kier molecular flexibility index (Phi) is 5.54. The summed E-state index contributed by atoms with van der Waals surface area (Å²) in [5.41, 5.74) is 3.07. The molecule has 0 radical (unpaired) electrons. The van der Waals surface area contributed by atoms with Crippen molar-refractivity contribution in [2.45, 2.75) is 12.1 Å². The van der Waals surface area contributed by atoms with Crippen LogP contribution < -0.4 is 5.32 Å². The molecule has 0 saturated carbocycles. The van der Waals surface area contributed by atoms with Gasteiger partial charge in [0.05, 0.1) is 26.5 Å². The van der Waals surface area contributed by atoms with Gasteiger partial charge in [0.25, 0.3) is 0 Å². The number of carbonyl (C=O) groups excluding carboxylic acids is 1. The number of amides is 1. The van der Waals surface area contributed by atoms with Gasteiger partial charge in [-0.15, -0.1) is 21.5 Å². The number of pyridine rings is 1. The number of aromatic nitrogens is 4. The maximum absolute atomic E-state index is 12.4. The number of fused-ring (bicyclic) bond motifs is 1.